The molecule has 1 aromatic heterocycles. The second-order valence-corrected chi connectivity index (χ2v) is 5.59. The van der Waals surface area contributed by atoms with Crippen molar-refractivity contribution in [3.63, 3.8) is 0 Å². The fourth-order valence-electron chi connectivity index (χ4n) is 2.35. The molecule has 2 heterocycles. The van der Waals surface area contributed by atoms with Gasteiger partial charge in [-0.2, -0.15) is 0 Å². The maximum Gasteiger partial charge on any atom is 0.405 e. The molecule has 1 aromatic rings. The van der Waals surface area contributed by atoms with Crippen LogP contribution in [-0.4, -0.2) is 52.4 Å². The molecule has 1 unspecified atom stereocenters. The lowest BCUT2D eigenvalue weighted by Gasteiger charge is -2.41. The van der Waals surface area contributed by atoms with Crippen LogP contribution in [0.4, 0.5) is 16.3 Å². The number of hydrogen-bond donors (Lipinski definition) is 2. The number of carbonyl (C=O) groups is 1. The van der Waals surface area contributed by atoms with Crippen molar-refractivity contribution in [2.75, 3.05) is 24.6 Å². The fourth-order valence-corrected chi connectivity index (χ4v) is 2.35. The predicted octanol–water partition coefficient (Wildman–Crippen LogP) is 1.24. The minimum atomic E-state index is -1.11. The molecule has 1 saturated heterocycles. The average molecular weight is 310 g/mol. The van der Waals surface area contributed by atoms with Gasteiger partial charge in [0.15, 0.2) is 6.20 Å². The molecule has 0 spiro atoms. The van der Waals surface area contributed by atoms with E-state index in [4.69, 9.17) is 9.84 Å². The molecule has 120 valence electrons. The van der Waals surface area contributed by atoms with E-state index < -0.39 is 16.6 Å². The first-order valence-corrected chi connectivity index (χ1v) is 6.78. The molecular weight excluding hydrogens is 292 g/mol. The van der Waals surface area contributed by atoms with Crippen LogP contribution < -0.4 is 10.2 Å². The topological polar surface area (TPSA) is 118 Å². The van der Waals surface area contributed by atoms with Crippen molar-refractivity contribution in [1.82, 2.24) is 10.3 Å². The molecule has 22 heavy (non-hydrogen) atoms. The van der Waals surface area contributed by atoms with Crippen molar-refractivity contribution in [3.05, 3.63) is 28.4 Å². The first kappa shape index (κ1) is 16.0. The summed E-state index contributed by atoms with van der Waals surface area (Å²) in [5, 5.41) is 22.0. The minimum absolute atomic E-state index is 0.207. The molecule has 1 amide bonds. The molecule has 0 radical (unpaired) electrons. The van der Waals surface area contributed by atoms with Gasteiger partial charge in [-0.1, -0.05) is 0 Å². The number of nitro groups is 1. The molecule has 0 bridgehead atoms. The summed E-state index contributed by atoms with van der Waals surface area (Å²) in [4.78, 5) is 26.7. The Hall–Kier alpha value is -2.42. The normalized spacial score (nSPS) is 18.8. The van der Waals surface area contributed by atoms with Crippen molar-refractivity contribution in [2.24, 2.45) is 0 Å². The molecule has 2 N–H and O–H groups in total. The number of carboxylic acid groups (broad SMARTS) is 1. The number of amides is 1. The summed E-state index contributed by atoms with van der Waals surface area (Å²) in [5.74, 6) is -0.207. The molecular formula is C13H18N4O5. The third-order valence-electron chi connectivity index (χ3n) is 3.58. The summed E-state index contributed by atoms with van der Waals surface area (Å²) in [6.45, 7) is 5.02. The molecule has 1 aliphatic rings. The fraction of sp³-hybridized carbons (Fsp3) is 0.538. The lowest BCUT2D eigenvalue weighted by Crippen LogP contribution is -2.59. The Morgan fingerprint density at radius 3 is 2.86 bits per heavy atom. The highest BCUT2D eigenvalue weighted by molar-refractivity contribution is 5.65. The van der Waals surface area contributed by atoms with Gasteiger partial charge in [0.25, 0.3) is 0 Å². The standard InChI is InChI=1S/C13H18N4O5/c1-13(2,15-12(18)19)10-8-16(5-6-22-10)9-3-4-11(14-7-9)17(20)21/h3-4,7,10,15H,5-6,8H2,1-2H3,(H,18,19). The molecule has 9 nitrogen and oxygen atoms in total. The summed E-state index contributed by atoms with van der Waals surface area (Å²) in [5.41, 5.74) is -0.0105. The molecule has 1 fully saturated rings. The van der Waals surface area contributed by atoms with E-state index in [1.54, 1.807) is 19.9 Å². The van der Waals surface area contributed by atoms with E-state index in [1.165, 1.54) is 12.3 Å². The van der Waals surface area contributed by atoms with Gasteiger partial charge in [0.2, 0.25) is 0 Å². The zero-order valence-electron chi connectivity index (χ0n) is 12.4. The number of ether oxygens (including phenoxy) is 1. The smallest absolute Gasteiger partial charge is 0.405 e. The van der Waals surface area contributed by atoms with Crippen LogP contribution in [0.1, 0.15) is 13.8 Å². The van der Waals surface area contributed by atoms with Gasteiger partial charge in [0, 0.05) is 19.2 Å². The van der Waals surface area contributed by atoms with Crippen molar-refractivity contribution < 1.29 is 19.6 Å². The molecule has 0 saturated carbocycles. The first-order valence-electron chi connectivity index (χ1n) is 6.78. The largest absolute Gasteiger partial charge is 0.465 e. The highest BCUT2D eigenvalue weighted by Crippen LogP contribution is 2.23. The van der Waals surface area contributed by atoms with Crippen LogP contribution in [-0.2, 0) is 4.74 Å². The van der Waals surface area contributed by atoms with E-state index in [9.17, 15) is 14.9 Å². The van der Waals surface area contributed by atoms with E-state index in [2.05, 4.69) is 10.3 Å². The molecule has 9 heteroatoms. The predicted molar refractivity (Wildman–Crippen MR) is 78.1 cm³/mol. The minimum Gasteiger partial charge on any atom is -0.465 e. The highest BCUT2D eigenvalue weighted by atomic mass is 16.6. The molecule has 2 rings (SSSR count). The number of morpholine rings is 1. The average Bonchev–Trinajstić information content (AvgIpc) is 2.46. The zero-order chi connectivity index (χ0) is 16.3. The van der Waals surface area contributed by atoms with Crippen molar-refractivity contribution in [3.8, 4) is 0 Å². The van der Waals surface area contributed by atoms with Gasteiger partial charge in [-0.05, 0) is 29.8 Å². The zero-order valence-corrected chi connectivity index (χ0v) is 12.4. The Morgan fingerprint density at radius 1 is 1.59 bits per heavy atom. The maximum absolute atomic E-state index is 10.9. The SMILES string of the molecule is CC(C)(NC(=O)O)C1CN(c2ccc([N+](=O)[O-])nc2)CCO1. The van der Waals surface area contributed by atoms with Crippen LogP contribution in [0.15, 0.2) is 18.3 Å². The third kappa shape index (κ3) is 3.61. The van der Waals surface area contributed by atoms with E-state index in [-0.39, 0.29) is 11.9 Å². The molecule has 0 aliphatic carbocycles. The van der Waals surface area contributed by atoms with Gasteiger partial charge in [-0.25, -0.2) is 4.79 Å². The van der Waals surface area contributed by atoms with E-state index in [0.29, 0.717) is 19.7 Å². The molecule has 0 aromatic carbocycles. The van der Waals surface area contributed by atoms with Gasteiger partial charge in [0.05, 0.1) is 23.9 Å². The van der Waals surface area contributed by atoms with Crippen LogP contribution in [0, 0.1) is 10.1 Å². The Balaban J connectivity index is 2.10. The Kier molecular flexibility index (Phi) is 4.45. The summed E-state index contributed by atoms with van der Waals surface area (Å²) in [6, 6.07) is 2.98. The monoisotopic (exact) mass is 310 g/mol. The van der Waals surface area contributed by atoms with Gasteiger partial charge >= 0.3 is 11.9 Å². The number of nitrogens with zero attached hydrogens (tertiary/aromatic N) is 3. The van der Waals surface area contributed by atoms with Crippen LogP contribution in [0.25, 0.3) is 0 Å². The van der Waals surface area contributed by atoms with Crippen LogP contribution in [0.2, 0.25) is 0 Å². The van der Waals surface area contributed by atoms with Gasteiger partial charge < -0.3 is 30.2 Å². The number of anilines is 1. The van der Waals surface area contributed by atoms with Crippen molar-refractivity contribution in [2.45, 2.75) is 25.5 Å². The quantitative estimate of drug-likeness (QED) is 0.634. The summed E-state index contributed by atoms with van der Waals surface area (Å²) >= 11 is 0. The third-order valence-corrected chi connectivity index (χ3v) is 3.58. The van der Waals surface area contributed by atoms with E-state index >= 15 is 0 Å². The molecule has 1 atom stereocenters. The number of rotatable bonds is 4. The Bertz CT molecular complexity index is 560. The first-order chi connectivity index (χ1) is 10.3. The van der Waals surface area contributed by atoms with Crippen LogP contribution >= 0.6 is 0 Å². The maximum atomic E-state index is 10.9. The Labute approximate surface area is 127 Å². The van der Waals surface area contributed by atoms with Crippen molar-refractivity contribution >= 4 is 17.6 Å². The van der Waals surface area contributed by atoms with Gasteiger partial charge in [0.1, 0.15) is 0 Å². The summed E-state index contributed by atoms with van der Waals surface area (Å²) < 4.78 is 5.66. The number of nitrogens with one attached hydrogen (secondary N) is 1. The highest BCUT2D eigenvalue weighted by Gasteiger charge is 2.36. The van der Waals surface area contributed by atoms with Crippen LogP contribution in [0.3, 0.4) is 0 Å². The summed E-state index contributed by atoms with van der Waals surface area (Å²) in [6.07, 6.45) is -0.00623. The number of pyridine rings is 1. The van der Waals surface area contributed by atoms with E-state index in [1.807, 2.05) is 4.90 Å². The van der Waals surface area contributed by atoms with Crippen LogP contribution in [0.5, 0.6) is 0 Å². The van der Waals surface area contributed by atoms with Crippen molar-refractivity contribution in [1.29, 1.82) is 0 Å². The van der Waals surface area contributed by atoms with Gasteiger partial charge in [-0.15, -0.1) is 0 Å². The lowest BCUT2D eigenvalue weighted by molar-refractivity contribution is -0.389. The second kappa shape index (κ2) is 6.14. The number of aromatic nitrogens is 1. The summed E-state index contributed by atoms with van der Waals surface area (Å²) in [7, 11) is 0. The molecule has 1 aliphatic heterocycles. The Morgan fingerprint density at radius 2 is 2.32 bits per heavy atom. The lowest BCUT2D eigenvalue weighted by atomic mass is 9.95. The number of hydrogen-bond acceptors (Lipinski definition) is 6. The van der Waals surface area contributed by atoms with Gasteiger partial charge in [-0.3, -0.25) is 0 Å². The second-order valence-electron chi connectivity index (χ2n) is 5.59. The van der Waals surface area contributed by atoms with E-state index in [0.717, 1.165) is 5.69 Å².